The first-order valence-corrected chi connectivity index (χ1v) is 9.79. The monoisotopic (exact) mass is 326 g/mol. The van der Waals surface area contributed by atoms with Gasteiger partial charge in [-0.05, 0) is 32.6 Å². The number of rotatable bonds is 11. The van der Waals surface area contributed by atoms with Gasteiger partial charge in [-0.2, -0.15) is 8.42 Å². The minimum absolute atomic E-state index is 0.385. The molecule has 0 heterocycles. The van der Waals surface area contributed by atoms with E-state index in [4.69, 9.17) is 0 Å². The number of hydrogen-bond acceptors (Lipinski definition) is 2. The summed E-state index contributed by atoms with van der Waals surface area (Å²) in [4.78, 5) is 0. The van der Waals surface area contributed by atoms with Crippen LogP contribution < -0.4 is 0 Å². The van der Waals surface area contributed by atoms with Gasteiger partial charge in [0.2, 0.25) is 0 Å². The fourth-order valence-electron chi connectivity index (χ4n) is 2.86. The van der Waals surface area contributed by atoms with Crippen LogP contribution in [0, 0.1) is 0 Å². The van der Waals surface area contributed by atoms with E-state index in [1.165, 1.54) is 25.7 Å². The van der Waals surface area contributed by atoms with Gasteiger partial charge in [0, 0.05) is 0 Å². The third-order valence-corrected chi connectivity index (χ3v) is 5.98. The summed E-state index contributed by atoms with van der Waals surface area (Å²) in [5.41, 5.74) is 1.05. The summed E-state index contributed by atoms with van der Waals surface area (Å²) >= 11 is 0. The fourth-order valence-corrected chi connectivity index (χ4v) is 3.79. The van der Waals surface area contributed by atoms with Crippen molar-refractivity contribution < 1.29 is 13.0 Å². The topological polar surface area (TPSA) is 54.4 Å². The van der Waals surface area contributed by atoms with Crippen molar-refractivity contribution in [3.05, 3.63) is 36.5 Å². The van der Waals surface area contributed by atoms with E-state index < -0.39 is 14.9 Å². The van der Waals surface area contributed by atoms with Crippen LogP contribution in [0.15, 0.2) is 36.5 Å². The Morgan fingerprint density at radius 1 is 1.18 bits per heavy atom. The normalized spacial score (nSPS) is 21.6. The lowest BCUT2D eigenvalue weighted by atomic mass is 9.91. The van der Waals surface area contributed by atoms with Gasteiger partial charge in [0.1, 0.15) is 4.75 Å². The smallest absolute Gasteiger partial charge is 0.274 e. The summed E-state index contributed by atoms with van der Waals surface area (Å²) in [6.45, 7) is 5.66. The van der Waals surface area contributed by atoms with Gasteiger partial charge in [0.05, 0.1) is 0 Å². The van der Waals surface area contributed by atoms with Gasteiger partial charge < -0.3 is 0 Å². The molecule has 0 spiro atoms. The molecule has 0 aromatic heterocycles. The van der Waals surface area contributed by atoms with Gasteiger partial charge in [0.15, 0.2) is 0 Å². The van der Waals surface area contributed by atoms with Crippen molar-refractivity contribution in [1.29, 1.82) is 0 Å². The molecule has 0 aromatic rings. The number of unbranched alkanes of at least 4 members (excludes halogenated alkanes) is 7. The number of hydrogen-bond donors (Lipinski definition) is 1. The van der Waals surface area contributed by atoms with Gasteiger partial charge in [-0.25, -0.2) is 0 Å². The van der Waals surface area contributed by atoms with Crippen molar-refractivity contribution in [2.45, 2.75) is 75.9 Å². The maximum Gasteiger partial charge on any atom is 0.274 e. The molecule has 0 amide bonds. The van der Waals surface area contributed by atoms with Crippen molar-refractivity contribution in [2.24, 2.45) is 0 Å². The largest absolute Gasteiger partial charge is 0.285 e. The van der Waals surface area contributed by atoms with Crippen LogP contribution in [-0.4, -0.2) is 17.7 Å². The molecule has 4 heteroatoms. The molecule has 0 aliphatic heterocycles. The van der Waals surface area contributed by atoms with Crippen LogP contribution in [-0.2, 0) is 10.1 Å². The maximum absolute atomic E-state index is 11.7. The predicted octanol–water partition coefficient (Wildman–Crippen LogP) is 5.22. The standard InChI is InChI=1S/C18H30O3S/c1-3-4-5-6-7-8-9-10-11-14-18(22(19,20)21)15-12-17(2)13-16-18/h3,12-13,15H,1,4-11,14,16H2,2H3,(H,19,20,21). The molecule has 1 aliphatic carbocycles. The molecule has 126 valence electrons. The van der Waals surface area contributed by atoms with Crippen molar-refractivity contribution >= 4 is 10.1 Å². The summed E-state index contributed by atoms with van der Waals surface area (Å²) in [5.74, 6) is 0. The highest BCUT2D eigenvalue weighted by molar-refractivity contribution is 7.87. The average molecular weight is 327 g/mol. The van der Waals surface area contributed by atoms with Crippen molar-refractivity contribution in [1.82, 2.24) is 0 Å². The highest BCUT2D eigenvalue weighted by Gasteiger charge is 2.40. The van der Waals surface area contributed by atoms with E-state index in [0.29, 0.717) is 12.8 Å². The van der Waals surface area contributed by atoms with Crippen LogP contribution in [0.4, 0.5) is 0 Å². The van der Waals surface area contributed by atoms with E-state index in [9.17, 15) is 13.0 Å². The lowest BCUT2D eigenvalue weighted by Gasteiger charge is -2.28. The second-order valence-corrected chi connectivity index (χ2v) is 8.09. The highest BCUT2D eigenvalue weighted by Crippen LogP contribution is 2.33. The average Bonchev–Trinajstić information content (AvgIpc) is 2.46. The van der Waals surface area contributed by atoms with Crippen LogP contribution >= 0.6 is 0 Å². The zero-order chi connectivity index (χ0) is 16.5. The second-order valence-electron chi connectivity index (χ2n) is 6.33. The summed E-state index contributed by atoms with van der Waals surface area (Å²) < 4.78 is 32.0. The molecular formula is C18H30O3S. The molecule has 0 saturated carbocycles. The zero-order valence-electron chi connectivity index (χ0n) is 13.8. The molecule has 1 unspecified atom stereocenters. The van der Waals surface area contributed by atoms with Gasteiger partial charge in [-0.3, -0.25) is 4.55 Å². The Labute approximate surface area is 135 Å². The molecule has 1 atom stereocenters. The van der Waals surface area contributed by atoms with Gasteiger partial charge in [-0.1, -0.05) is 68.4 Å². The van der Waals surface area contributed by atoms with Gasteiger partial charge in [-0.15, -0.1) is 6.58 Å². The molecule has 1 rings (SSSR count). The Bertz CT molecular complexity index is 502. The quantitative estimate of drug-likeness (QED) is 0.322. The third-order valence-electron chi connectivity index (χ3n) is 4.44. The Morgan fingerprint density at radius 2 is 1.77 bits per heavy atom. The minimum atomic E-state index is -4.06. The Hall–Kier alpha value is -0.870. The molecule has 3 nitrogen and oxygen atoms in total. The zero-order valence-corrected chi connectivity index (χ0v) is 14.6. The van der Waals surface area contributed by atoms with E-state index in [1.807, 2.05) is 19.1 Å². The molecule has 0 aromatic carbocycles. The molecule has 0 saturated heterocycles. The minimum Gasteiger partial charge on any atom is -0.285 e. The van der Waals surface area contributed by atoms with Crippen LogP contribution in [0.25, 0.3) is 0 Å². The molecule has 1 aliphatic rings. The summed E-state index contributed by atoms with van der Waals surface area (Å²) in [5, 5.41) is 0. The van der Waals surface area contributed by atoms with Crippen molar-refractivity contribution in [3.8, 4) is 0 Å². The maximum atomic E-state index is 11.7. The second kappa shape index (κ2) is 9.31. The molecule has 22 heavy (non-hydrogen) atoms. The Morgan fingerprint density at radius 3 is 2.27 bits per heavy atom. The first-order valence-electron chi connectivity index (χ1n) is 8.35. The molecule has 0 fully saturated rings. The highest BCUT2D eigenvalue weighted by atomic mass is 32.2. The van der Waals surface area contributed by atoms with E-state index in [0.717, 1.165) is 31.3 Å². The van der Waals surface area contributed by atoms with Crippen molar-refractivity contribution in [2.75, 3.05) is 0 Å². The summed E-state index contributed by atoms with van der Waals surface area (Å²) in [6, 6.07) is 0. The van der Waals surface area contributed by atoms with Gasteiger partial charge >= 0.3 is 0 Å². The van der Waals surface area contributed by atoms with Gasteiger partial charge in [0.25, 0.3) is 10.1 Å². The predicted molar refractivity (Wildman–Crippen MR) is 93.5 cm³/mol. The SMILES string of the molecule is C=CCCCCCCCCCC1(S(=O)(=O)O)C=CC(C)=CC1. The molecule has 0 bridgehead atoms. The lowest BCUT2D eigenvalue weighted by molar-refractivity contribution is 0.426. The Balaban J connectivity index is 2.29. The van der Waals surface area contributed by atoms with Crippen molar-refractivity contribution in [3.63, 3.8) is 0 Å². The van der Waals surface area contributed by atoms with Crippen LogP contribution in [0.2, 0.25) is 0 Å². The molecule has 1 N–H and O–H groups in total. The van der Waals surface area contributed by atoms with Crippen LogP contribution in [0.1, 0.15) is 71.1 Å². The molecular weight excluding hydrogens is 296 g/mol. The first kappa shape index (κ1) is 19.2. The summed E-state index contributed by atoms with van der Waals surface area (Å²) in [6.07, 6.45) is 17.2. The van der Waals surface area contributed by atoms with E-state index in [-0.39, 0.29) is 0 Å². The lowest BCUT2D eigenvalue weighted by Crippen LogP contribution is -2.37. The van der Waals surface area contributed by atoms with E-state index in [1.54, 1.807) is 12.2 Å². The van der Waals surface area contributed by atoms with E-state index >= 15 is 0 Å². The van der Waals surface area contributed by atoms with E-state index in [2.05, 4.69) is 6.58 Å². The molecule has 0 radical (unpaired) electrons. The summed E-state index contributed by atoms with van der Waals surface area (Å²) in [7, 11) is -4.06. The van der Waals surface area contributed by atoms with Crippen LogP contribution in [0.3, 0.4) is 0 Å². The Kier molecular flexibility index (Phi) is 8.12. The first-order chi connectivity index (χ1) is 10.4. The van der Waals surface area contributed by atoms with Crippen LogP contribution in [0.5, 0.6) is 0 Å². The fraction of sp³-hybridized carbons (Fsp3) is 0.667. The third kappa shape index (κ3) is 6.09. The number of allylic oxidation sites excluding steroid dienone is 4.